The van der Waals surface area contributed by atoms with Gasteiger partial charge in [-0.15, -0.1) is 6.58 Å². The molecular formula is C14H22O. The Morgan fingerprint density at radius 2 is 2.00 bits per heavy atom. The normalized spacial score (nSPS) is 41.0. The second-order valence-corrected chi connectivity index (χ2v) is 5.17. The number of hydrogen-bond donors (Lipinski definition) is 0. The van der Waals surface area contributed by atoms with Gasteiger partial charge in [-0.05, 0) is 25.2 Å². The molecule has 15 heavy (non-hydrogen) atoms. The molecule has 0 amide bonds. The number of ketones is 1. The molecule has 0 aromatic rings. The van der Waals surface area contributed by atoms with E-state index in [-0.39, 0.29) is 5.41 Å². The van der Waals surface area contributed by atoms with Gasteiger partial charge < -0.3 is 0 Å². The largest absolute Gasteiger partial charge is 0.298 e. The molecule has 0 spiro atoms. The van der Waals surface area contributed by atoms with E-state index >= 15 is 0 Å². The van der Waals surface area contributed by atoms with Crippen LogP contribution in [0, 0.1) is 17.3 Å². The van der Waals surface area contributed by atoms with Crippen molar-refractivity contribution in [1.29, 1.82) is 0 Å². The first-order chi connectivity index (χ1) is 7.26. The van der Waals surface area contributed by atoms with E-state index in [1.807, 2.05) is 6.08 Å². The van der Waals surface area contributed by atoms with Crippen molar-refractivity contribution in [2.75, 3.05) is 0 Å². The molecule has 3 atom stereocenters. The summed E-state index contributed by atoms with van der Waals surface area (Å²) in [7, 11) is 0. The monoisotopic (exact) mass is 206 g/mol. The summed E-state index contributed by atoms with van der Waals surface area (Å²) >= 11 is 0. The van der Waals surface area contributed by atoms with Gasteiger partial charge in [0, 0.05) is 5.92 Å². The van der Waals surface area contributed by atoms with Gasteiger partial charge in [0.15, 0.2) is 0 Å². The molecule has 1 nitrogen and oxygen atoms in total. The molecule has 84 valence electrons. The Morgan fingerprint density at radius 3 is 2.60 bits per heavy atom. The molecule has 0 aromatic heterocycles. The first-order valence-electron chi connectivity index (χ1n) is 6.44. The summed E-state index contributed by atoms with van der Waals surface area (Å²) in [5.74, 6) is 1.49. The summed E-state index contributed by atoms with van der Waals surface area (Å²) in [6, 6.07) is 0. The Kier molecular flexibility index (Phi) is 2.99. The van der Waals surface area contributed by atoms with Crippen LogP contribution < -0.4 is 0 Å². The van der Waals surface area contributed by atoms with Crippen molar-refractivity contribution in [1.82, 2.24) is 0 Å². The van der Waals surface area contributed by atoms with Gasteiger partial charge in [0.05, 0.1) is 5.41 Å². The van der Waals surface area contributed by atoms with Crippen LogP contribution in [0.25, 0.3) is 0 Å². The van der Waals surface area contributed by atoms with Crippen LogP contribution in [0.15, 0.2) is 12.7 Å². The summed E-state index contributed by atoms with van der Waals surface area (Å²) < 4.78 is 0. The van der Waals surface area contributed by atoms with Crippen LogP contribution in [0.3, 0.4) is 0 Å². The van der Waals surface area contributed by atoms with E-state index in [1.165, 1.54) is 32.1 Å². The van der Waals surface area contributed by atoms with Crippen LogP contribution in [0.2, 0.25) is 0 Å². The van der Waals surface area contributed by atoms with E-state index in [0.29, 0.717) is 17.6 Å². The summed E-state index contributed by atoms with van der Waals surface area (Å²) in [6.45, 7) is 6.03. The van der Waals surface area contributed by atoms with Crippen LogP contribution in [0.1, 0.15) is 51.9 Å². The van der Waals surface area contributed by atoms with Gasteiger partial charge in [-0.25, -0.2) is 0 Å². The van der Waals surface area contributed by atoms with E-state index in [1.54, 1.807) is 0 Å². The van der Waals surface area contributed by atoms with Crippen molar-refractivity contribution in [3.63, 3.8) is 0 Å². The Bertz CT molecular complexity index is 269. The molecule has 0 saturated heterocycles. The smallest absolute Gasteiger partial charge is 0.146 e. The molecule has 0 heterocycles. The number of fused-ring (bicyclic) bond motifs is 1. The molecule has 0 aliphatic heterocycles. The third-order valence-electron chi connectivity index (χ3n) is 4.67. The summed E-state index contributed by atoms with van der Waals surface area (Å²) in [5.41, 5.74) is -0.137. The number of Topliss-reactive ketones (excluding diaryl/α,β-unsaturated/α-hetero) is 1. The van der Waals surface area contributed by atoms with Crippen molar-refractivity contribution >= 4 is 5.78 Å². The minimum absolute atomic E-state index is 0.137. The van der Waals surface area contributed by atoms with Crippen molar-refractivity contribution in [2.24, 2.45) is 17.3 Å². The highest BCUT2D eigenvalue weighted by Crippen LogP contribution is 2.55. The molecule has 2 saturated carbocycles. The van der Waals surface area contributed by atoms with Crippen LogP contribution in [0.5, 0.6) is 0 Å². The minimum atomic E-state index is -0.137. The van der Waals surface area contributed by atoms with Crippen LogP contribution in [-0.4, -0.2) is 5.78 Å². The second-order valence-electron chi connectivity index (χ2n) is 5.17. The maximum atomic E-state index is 12.2. The zero-order valence-corrected chi connectivity index (χ0v) is 9.80. The first kappa shape index (κ1) is 10.9. The maximum absolute atomic E-state index is 12.2. The number of carbonyl (C=O) groups is 1. The SMILES string of the molecule is C=C[C@@]1(CC)C(=O)[C@@H]2CCCCCC[C@@H]21. The lowest BCUT2D eigenvalue weighted by Gasteiger charge is -2.53. The Hall–Kier alpha value is -0.590. The van der Waals surface area contributed by atoms with E-state index in [2.05, 4.69) is 13.5 Å². The fourth-order valence-electron chi connectivity index (χ4n) is 3.68. The molecule has 0 N–H and O–H groups in total. The summed E-state index contributed by atoms with van der Waals surface area (Å²) in [4.78, 5) is 12.2. The lowest BCUT2D eigenvalue weighted by Crippen LogP contribution is -2.56. The predicted octanol–water partition coefficient (Wildman–Crippen LogP) is 3.74. The third-order valence-corrected chi connectivity index (χ3v) is 4.67. The number of rotatable bonds is 2. The molecule has 2 fully saturated rings. The van der Waals surface area contributed by atoms with E-state index in [9.17, 15) is 4.79 Å². The van der Waals surface area contributed by atoms with Crippen LogP contribution >= 0.6 is 0 Å². The number of allylic oxidation sites excluding steroid dienone is 1. The van der Waals surface area contributed by atoms with Gasteiger partial charge >= 0.3 is 0 Å². The highest BCUT2D eigenvalue weighted by Gasteiger charge is 2.57. The molecule has 0 aromatic carbocycles. The summed E-state index contributed by atoms with van der Waals surface area (Å²) in [6.07, 6.45) is 10.5. The third kappa shape index (κ3) is 1.47. The molecule has 0 radical (unpaired) electrons. The van der Waals surface area contributed by atoms with Crippen molar-refractivity contribution in [2.45, 2.75) is 51.9 Å². The Labute approximate surface area is 92.9 Å². The topological polar surface area (TPSA) is 17.1 Å². The molecule has 2 aliphatic carbocycles. The van der Waals surface area contributed by atoms with Gasteiger partial charge in [-0.3, -0.25) is 4.79 Å². The molecule has 1 heteroatoms. The zero-order chi connectivity index (χ0) is 10.9. The second kappa shape index (κ2) is 4.11. The fourth-order valence-corrected chi connectivity index (χ4v) is 3.68. The van der Waals surface area contributed by atoms with Crippen LogP contribution in [0.4, 0.5) is 0 Å². The van der Waals surface area contributed by atoms with Crippen molar-refractivity contribution in [3.8, 4) is 0 Å². The molecule has 2 aliphatic rings. The molecule has 0 unspecified atom stereocenters. The zero-order valence-electron chi connectivity index (χ0n) is 9.80. The van der Waals surface area contributed by atoms with Crippen LogP contribution in [-0.2, 0) is 4.79 Å². The standard InChI is InChI=1S/C14H22O/c1-3-14(4-2)12-10-8-6-5-7-9-11(12)13(14)15/h3,11-12H,1,4-10H2,2H3/t11-,12+,14+/m1/s1. The van der Waals surface area contributed by atoms with Gasteiger partial charge in [-0.2, -0.15) is 0 Å². The minimum Gasteiger partial charge on any atom is -0.298 e. The van der Waals surface area contributed by atoms with E-state index < -0.39 is 0 Å². The molecular weight excluding hydrogens is 184 g/mol. The van der Waals surface area contributed by atoms with Gasteiger partial charge in [0.1, 0.15) is 5.78 Å². The quantitative estimate of drug-likeness (QED) is 0.629. The number of hydrogen-bond acceptors (Lipinski definition) is 1. The van der Waals surface area contributed by atoms with Gasteiger partial charge in [-0.1, -0.05) is 38.7 Å². The molecule has 2 rings (SSSR count). The first-order valence-corrected chi connectivity index (χ1v) is 6.44. The van der Waals surface area contributed by atoms with E-state index in [4.69, 9.17) is 0 Å². The Morgan fingerprint density at radius 1 is 1.33 bits per heavy atom. The predicted molar refractivity (Wildman–Crippen MR) is 62.6 cm³/mol. The Balaban J connectivity index is 2.16. The lowest BCUT2D eigenvalue weighted by atomic mass is 9.49. The maximum Gasteiger partial charge on any atom is 0.146 e. The van der Waals surface area contributed by atoms with Gasteiger partial charge in [0.25, 0.3) is 0 Å². The average Bonchev–Trinajstić information content (AvgIpc) is 2.22. The number of carbonyl (C=O) groups excluding carboxylic acids is 1. The average molecular weight is 206 g/mol. The lowest BCUT2D eigenvalue weighted by molar-refractivity contribution is -0.153. The van der Waals surface area contributed by atoms with Gasteiger partial charge in [0.2, 0.25) is 0 Å². The fraction of sp³-hybridized carbons (Fsp3) is 0.786. The highest BCUT2D eigenvalue weighted by molar-refractivity contribution is 5.95. The van der Waals surface area contributed by atoms with Crippen molar-refractivity contribution in [3.05, 3.63) is 12.7 Å². The molecule has 0 bridgehead atoms. The van der Waals surface area contributed by atoms with E-state index in [0.717, 1.165) is 12.8 Å². The van der Waals surface area contributed by atoms with Crippen molar-refractivity contribution < 1.29 is 4.79 Å². The summed E-state index contributed by atoms with van der Waals surface area (Å²) in [5, 5.41) is 0. The highest BCUT2D eigenvalue weighted by atomic mass is 16.1.